The third-order valence-corrected chi connectivity index (χ3v) is 19.1. The molecule has 0 aliphatic heterocycles. The summed E-state index contributed by atoms with van der Waals surface area (Å²) < 4.78 is 68.3. The molecule has 0 saturated carbocycles. The molecule has 0 fully saturated rings. The van der Waals surface area contributed by atoms with Gasteiger partial charge in [-0.25, -0.2) is 9.13 Å². The summed E-state index contributed by atoms with van der Waals surface area (Å²) in [5, 5.41) is 10.6. The molecule has 3 unspecified atom stereocenters. The number of phosphoric acid groups is 2. The second kappa shape index (κ2) is 62.6. The topological polar surface area (TPSA) is 237 Å². The number of carbonyl (C=O) groups is 4. The molecule has 0 aromatic carbocycles. The quantitative estimate of drug-likeness (QED) is 0.0222. The molecule has 6 atom stereocenters. The number of esters is 4. The minimum Gasteiger partial charge on any atom is -0.462 e. The lowest BCUT2D eigenvalue weighted by Crippen LogP contribution is -2.30. The van der Waals surface area contributed by atoms with E-state index >= 15 is 0 Å². The summed E-state index contributed by atoms with van der Waals surface area (Å²) in [6, 6.07) is 0. The molecular formula is C73H142O17P2. The van der Waals surface area contributed by atoms with Crippen molar-refractivity contribution in [1.82, 2.24) is 0 Å². The Kier molecular flexibility index (Phi) is 61.3. The average Bonchev–Trinajstić information content (AvgIpc) is 3.68. The second-order valence-corrected chi connectivity index (χ2v) is 30.9. The zero-order chi connectivity index (χ0) is 68.2. The molecule has 0 saturated heterocycles. The van der Waals surface area contributed by atoms with E-state index in [0.717, 1.165) is 120 Å². The highest BCUT2D eigenvalue weighted by molar-refractivity contribution is 7.47. The van der Waals surface area contributed by atoms with Crippen LogP contribution in [0.2, 0.25) is 0 Å². The van der Waals surface area contributed by atoms with E-state index < -0.39 is 97.5 Å². The Balaban J connectivity index is 5.20. The maximum Gasteiger partial charge on any atom is 0.472 e. The van der Waals surface area contributed by atoms with Gasteiger partial charge in [0, 0.05) is 25.7 Å². The lowest BCUT2D eigenvalue weighted by atomic mass is 10.00. The lowest BCUT2D eigenvalue weighted by Gasteiger charge is -2.21. The molecule has 0 bridgehead atoms. The van der Waals surface area contributed by atoms with E-state index in [4.69, 9.17) is 37.0 Å². The summed E-state index contributed by atoms with van der Waals surface area (Å²) in [6.45, 7) is 14.1. The smallest absolute Gasteiger partial charge is 0.462 e. The Labute approximate surface area is 562 Å². The first-order valence-corrected chi connectivity index (χ1v) is 40.7. The zero-order valence-electron chi connectivity index (χ0n) is 60.2. The van der Waals surface area contributed by atoms with Crippen LogP contribution in [-0.2, 0) is 65.4 Å². The first kappa shape index (κ1) is 90.1. The van der Waals surface area contributed by atoms with Crippen molar-refractivity contribution in [3.8, 4) is 0 Å². The third-order valence-electron chi connectivity index (χ3n) is 17.2. The van der Waals surface area contributed by atoms with Crippen molar-refractivity contribution in [1.29, 1.82) is 0 Å². The molecule has 19 heteroatoms. The molecule has 0 radical (unpaired) electrons. The summed E-state index contributed by atoms with van der Waals surface area (Å²) in [6.07, 6.45) is 46.0. The summed E-state index contributed by atoms with van der Waals surface area (Å²) >= 11 is 0. The first-order valence-electron chi connectivity index (χ1n) is 37.7. The predicted octanol–water partition coefficient (Wildman–Crippen LogP) is 20.9. The van der Waals surface area contributed by atoms with Crippen molar-refractivity contribution < 1.29 is 80.2 Å². The van der Waals surface area contributed by atoms with Crippen LogP contribution in [0, 0.1) is 23.7 Å². The molecule has 0 rings (SSSR count). The number of phosphoric ester groups is 2. The Hall–Kier alpha value is -1.94. The Morgan fingerprint density at radius 2 is 0.522 bits per heavy atom. The number of aliphatic hydroxyl groups is 1. The van der Waals surface area contributed by atoms with Crippen LogP contribution < -0.4 is 0 Å². The summed E-state index contributed by atoms with van der Waals surface area (Å²) in [4.78, 5) is 72.6. The number of hydrogen-bond donors (Lipinski definition) is 3. The Morgan fingerprint density at radius 3 is 0.772 bits per heavy atom. The van der Waals surface area contributed by atoms with Crippen LogP contribution in [0.25, 0.3) is 0 Å². The van der Waals surface area contributed by atoms with Crippen LogP contribution in [0.3, 0.4) is 0 Å². The standard InChI is InChI=1S/C73H142O17P2/c1-9-66(8)52-44-36-30-32-38-46-54-71(76)84-60-69(90-73(78)56-48-40-28-24-20-16-18-22-26-34-42-50-64(4)5)62-88-92(81,82)86-58-67(74)57-85-91(79,80)87-61-68(59-83-70(75)53-45-37-31-29-35-43-51-65(6)7)89-72(77)55-47-39-27-23-19-15-13-11-10-12-14-17-21-25-33-41-49-63(2)3/h63-69,74H,9-62H2,1-8H3,(H,79,80)(H,81,82)/t66?,67-,68-,69-/m1/s1. The fourth-order valence-electron chi connectivity index (χ4n) is 11.0. The monoisotopic (exact) mass is 1350 g/mol. The van der Waals surface area contributed by atoms with E-state index in [9.17, 15) is 43.2 Å². The third kappa shape index (κ3) is 65.4. The number of hydrogen-bond acceptors (Lipinski definition) is 15. The number of rotatable bonds is 70. The minimum atomic E-state index is -4.95. The fourth-order valence-corrected chi connectivity index (χ4v) is 12.6. The van der Waals surface area contributed by atoms with Crippen molar-refractivity contribution in [2.24, 2.45) is 23.7 Å². The van der Waals surface area contributed by atoms with E-state index in [1.807, 2.05) is 0 Å². The molecule has 3 N–H and O–H groups in total. The van der Waals surface area contributed by atoms with Crippen LogP contribution in [-0.4, -0.2) is 96.7 Å². The van der Waals surface area contributed by atoms with Gasteiger partial charge in [-0.3, -0.25) is 37.3 Å². The van der Waals surface area contributed by atoms with Gasteiger partial charge in [-0.05, 0) is 49.4 Å². The highest BCUT2D eigenvalue weighted by Crippen LogP contribution is 2.45. The normalized spacial score (nSPS) is 14.5. The van der Waals surface area contributed by atoms with Crippen LogP contribution in [0.4, 0.5) is 0 Å². The van der Waals surface area contributed by atoms with E-state index in [-0.39, 0.29) is 25.7 Å². The van der Waals surface area contributed by atoms with Gasteiger partial charge in [0.15, 0.2) is 12.2 Å². The van der Waals surface area contributed by atoms with Gasteiger partial charge in [0.05, 0.1) is 26.4 Å². The van der Waals surface area contributed by atoms with E-state index in [0.29, 0.717) is 31.6 Å². The second-order valence-electron chi connectivity index (χ2n) is 28.0. The molecule has 0 aromatic rings. The minimum absolute atomic E-state index is 0.105. The van der Waals surface area contributed by atoms with E-state index in [1.165, 1.54) is 154 Å². The molecule has 0 aliphatic rings. The molecule has 17 nitrogen and oxygen atoms in total. The highest BCUT2D eigenvalue weighted by Gasteiger charge is 2.30. The molecule has 0 aliphatic carbocycles. The number of carbonyl (C=O) groups excluding carboxylic acids is 4. The van der Waals surface area contributed by atoms with Crippen molar-refractivity contribution >= 4 is 39.5 Å². The highest BCUT2D eigenvalue weighted by atomic mass is 31.2. The van der Waals surface area contributed by atoms with Gasteiger partial charge < -0.3 is 33.8 Å². The van der Waals surface area contributed by atoms with Crippen LogP contribution >= 0.6 is 15.6 Å². The maximum atomic E-state index is 13.0. The van der Waals surface area contributed by atoms with Crippen molar-refractivity contribution in [3.63, 3.8) is 0 Å². The first-order chi connectivity index (χ1) is 44.1. The van der Waals surface area contributed by atoms with Crippen molar-refractivity contribution in [2.45, 2.75) is 382 Å². The molecule has 0 aromatic heterocycles. The molecular weight excluding hydrogens is 1210 g/mol. The van der Waals surface area contributed by atoms with Gasteiger partial charge in [-0.15, -0.1) is 0 Å². The lowest BCUT2D eigenvalue weighted by molar-refractivity contribution is -0.161. The average molecular weight is 1350 g/mol. The Bertz CT molecular complexity index is 1820. The molecule has 92 heavy (non-hydrogen) atoms. The fraction of sp³-hybridized carbons (Fsp3) is 0.945. The Morgan fingerprint density at radius 1 is 0.304 bits per heavy atom. The molecule has 546 valence electrons. The van der Waals surface area contributed by atoms with Crippen molar-refractivity contribution in [2.75, 3.05) is 39.6 Å². The van der Waals surface area contributed by atoms with Crippen LogP contribution in [0.15, 0.2) is 0 Å². The van der Waals surface area contributed by atoms with Gasteiger partial charge >= 0.3 is 39.5 Å². The van der Waals surface area contributed by atoms with Gasteiger partial charge in [-0.1, -0.05) is 312 Å². The largest absolute Gasteiger partial charge is 0.472 e. The molecule has 0 spiro atoms. The predicted molar refractivity (Wildman–Crippen MR) is 372 cm³/mol. The van der Waals surface area contributed by atoms with E-state index in [1.54, 1.807) is 0 Å². The van der Waals surface area contributed by atoms with Gasteiger partial charge in [-0.2, -0.15) is 0 Å². The van der Waals surface area contributed by atoms with Gasteiger partial charge in [0.1, 0.15) is 19.3 Å². The zero-order valence-corrected chi connectivity index (χ0v) is 62.0. The number of aliphatic hydroxyl groups excluding tert-OH is 1. The maximum absolute atomic E-state index is 13.0. The van der Waals surface area contributed by atoms with E-state index in [2.05, 4.69) is 55.4 Å². The van der Waals surface area contributed by atoms with Crippen molar-refractivity contribution in [3.05, 3.63) is 0 Å². The number of ether oxygens (including phenoxy) is 4. The van der Waals surface area contributed by atoms with Gasteiger partial charge in [0.2, 0.25) is 0 Å². The van der Waals surface area contributed by atoms with Gasteiger partial charge in [0.25, 0.3) is 0 Å². The van der Waals surface area contributed by atoms with Crippen LogP contribution in [0.1, 0.15) is 364 Å². The SMILES string of the molecule is CCC(C)CCCCCCCCC(=O)OC[C@H](COP(=O)(O)OC[C@H](O)COP(=O)(O)OC[C@@H](COC(=O)CCCCCCCCC(C)C)OC(=O)CCCCCCCCCCCCCCCCCCC(C)C)OC(=O)CCCCCCCCCCCCCC(C)C. The molecule has 0 heterocycles. The number of unbranched alkanes of at least 4 members (excludes halogenated alkanes) is 35. The summed E-state index contributed by atoms with van der Waals surface area (Å²) in [5.41, 5.74) is 0. The molecule has 0 amide bonds. The summed E-state index contributed by atoms with van der Waals surface area (Å²) in [5.74, 6) is 0.856. The van der Waals surface area contributed by atoms with Crippen LogP contribution in [0.5, 0.6) is 0 Å². The summed E-state index contributed by atoms with van der Waals surface area (Å²) in [7, 11) is -9.91.